The van der Waals surface area contributed by atoms with Crippen LogP contribution >= 0.6 is 11.6 Å². The van der Waals surface area contributed by atoms with Gasteiger partial charge < -0.3 is 4.74 Å². The molecule has 0 aliphatic carbocycles. The molecule has 0 saturated carbocycles. The van der Waals surface area contributed by atoms with Crippen LogP contribution in [0.5, 0.6) is 0 Å². The summed E-state index contributed by atoms with van der Waals surface area (Å²) < 4.78 is 6.46. The summed E-state index contributed by atoms with van der Waals surface area (Å²) in [5.41, 5.74) is 0.163. The van der Waals surface area contributed by atoms with Crippen LogP contribution in [0.3, 0.4) is 0 Å². The van der Waals surface area contributed by atoms with Gasteiger partial charge in [0.2, 0.25) is 0 Å². The van der Waals surface area contributed by atoms with Crippen molar-refractivity contribution >= 4 is 34.1 Å². The average molecular weight is 399 g/mol. The van der Waals surface area contributed by atoms with E-state index in [-0.39, 0.29) is 17.0 Å². The lowest BCUT2D eigenvalue weighted by molar-refractivity contribution is 0.0468. The third-order valence-electron chi connectivity index (χ3n) is 4.29. The van der Waals surface area contributed by atoms with Crippen molar-refractivity contribution in [3.8, 4) is 0 Å². The Hall–Kier alpha value is -2.99. The summed E-state index contributed by atoms with van der Waals surface area (Å²) in [5, 5.41) is 5.51. The van der Waals surface area contributed by atoms with Gasteiger partial charge in [0.05, 0.1) is 5.39 Å². The molecule has 28 heavy (non-hydrogen) atoms. The maximum atomic E-state index is 12.6. The Balaban J connectivity index is 1.86. The van der Waals surface area contributed by atoms with Crippen LogP contribution in [0.15, 0.2) is 53.3 Å². The van der Waals surface area contributed by atoms with Crippen LogP contribution in [0.4, 0.5) is 0 Å². The van der Waals surface area contributed by atoms with Gasteiger partial charge in [-0.15, -0.1) is 0 Å². The van der Waals surface area contributed by atoms with Gasteiger partial charge in [-0.2, -0.15) is 5.10 Å². The minimum Gasteiger partial charge on any atom is -0.452 e. The van der Waals surface area contributed by atoms with Crippen molar-refractivity contribution in [2.24, 2.45) is 0 Å². The Kier molecular flexibility index (Phi) is 6.21. The van der Waals surface area contributed by atoms with Crippen molar-refractivity contribution in [2.45, 2.75) is 26.3 Å². The molecule has 0 bridgehead atoms. The van der Waals surface area contributed by atoms with Crippen molar-refractivity contribution in [2.75, 3.05) is 6.61 Å². The third kappa shape index (κ3) is 4.28. The van der Waals surface area contributed by atoms with Gasteiger partial charge in [-0.05, 0) is 36.8 Å². The van der Waals surface area contributed by atoms with E-state index in [1.165, 1.54) is 4.68 Å². The van der Waals surface area contributed by atoms with Gasteiger partial charge >= 0.3 is 5.97 Å². The maximum absolute atomic E-state index is 12.6. The Labute approximate surface area is 166 Å². The van der Waals surface area contributed by atoms with Gasteiger partial charge in [0.15, 0.2) is 18.1 Å². The predicted molar refractivity (Wildman–Crippen MR) is 107 cm³/mol. The number of fused-ring (bicyclic) bond motifs is 1. The van der Waals surface area contributed by atoms with E-state index in [1.807, 2.05) is 6.92 Å². The number of benzene rings is 2. The number of halogens is 1. The van der Waals surface area contributed by atoms with Crippen LogP contribution in [0.2, 0.25) is 5.02 Å². The number of rotatable bonds is 7. The Bertz CT molecular complexity index is 1070. The molecule has 0 fully saturated rings. The summed E-state index contributed by atoms with van der Waals surface area (Å²) in [6, 6.07) is 13.1. The van der Waals surface area contributed by atoms with Crippen LogP contribution in [-0.2, 0) is 11.3 Å². The smallest absolute Gasteiger partial charge is 0.359 e. The zero-order valence-corrected chi connectivity index (χ0v) is 16.1. The molecule has 3 rings (SSSR count). The molecule has 0 saturated heterocycles. The second-order valence-corrected chi connectivity index (χ2v) is 6.72. The highest BCUT2D eigenvalue weighted by molar-refractivity contribution is 6.30. The molecule has 2 aromatic carbocycles. The van der Waals surface area contributed by atoms with Gasteiger partial charge in [-0.25, -0.2) is 9.48 Å². The number of Topliss-reactive ketones (excluding diaryl/α,β-unsaturated/α-hetero) is 1. The standard InChI is InChI=1S/C21H19ClN2O4/c1-2-3-12-24-20(26)17-7-5-4-6-16(17)19(23-24)21(27)28-13-18(25)14-8-10-15(22)11-9-14/h4-11H,2-3,12-13H2,1H3. The first-order valence-corrected chi connectivity index (χ1v) is 9.34. The maximum Gasteiger partial charge on any atom is 0.359 e. The van der Waals surface area contributed by atoms with Crippen molar-refractivity contribution in [3.63, 3.8) is 0 Å². The first-order chi connectivity index (χ1) is 13.5. The topological polar surface area (TPSA) is 78.3 Å². The van der Waals surface area contributed by atoms with Gasteiger partial charge in [0.1, 0.15) is 0 Å². The molecular formula is C21H19ClN2O4. The molecular weight excluding hydrogens is 380 g/mol. The number of aryl methyl sites for hydroxylation is 1. The number of esters is 1. The summed E-state index contributed by atoms with van der Waals surface area (Å²) in [6.45, 7) is 1.98. The molecule has 0 amide bonds. The average Bonchev–Trinajstić information content (AvgIpc) is 2.72. The fourth-order valence-electron chi connectivity index (χ4n) is 2.76. The van der Waals surface area contributed by atoms with E-state index in [1.54, 1.807) is 48.5 Å². The van der Waals surface area contributed by atoms with E-state index >= 15 is 0 Å². The van der Waals surface area contributed by atoms with E-state index in [2.05, 4.69) is 5.10 Å². The van der Waals surface area contributed by atoms with E-state index in [4.69, 9.17) is 16.3 Å². The third-order valence-corrected chi connectivity index (χ3v) is 4.54. The zero-order chi connectivity index (χ0) is 20.1. The fraction of sp³-hybridized carbons (Fsp3) is 0.238. The van der Waals surface area contributed by atoms with Crippen molar-refractivity contribution in [3.05, 3.63) is 75.2 Å². The van der Waals surface area contributed by atoms with Crippen molar-refractivity contribution in [1.82, 2.24) is 9.78 Å². The molecule has 7 heteroatoms. The highest BCUT2D eigenvalue weighted by atomic mass is 35.5. The van der Waals surface area contributed by atoms with E-state index in [0.29, 0.717) is 27.9 Å². The van der Waals surface area contributed by atoms with E-state index in [0.717, 1.165) is 12.8 Å². The minimum absolute atomic E-state index is 0.0233. The minimum atomic E-state index is -0.747. The van der Waals surface area contributed by atoms with Crippen molar-refractivity contribution in [1.29, 1.82) is 0 Å². The van der Waals surface area contributed by atoms with Crippen LogP contribution in [0.1, 0.15) is 40.6 Å². The second kappa shape index (κ2) is 8.80. The fourth-order valence-corrected chi connectivity index (χ4v) is 2.89. The molecule has 0 atom stereocenters. The summed E-state index contributed by atoms with van der Waals surface area (Å²) >= 11 is 5.81. The lowest BCUT2D eigenvalue weighted by atomic mass is 10.1. The number of ketones is 1. The highest BCUT2D eigenvalue weighted by Crippen LogP contribution is 2.15. The molecule has 0 radical (unpaired) electrons. The summed E-state index contributed by atoms with van der Waals surface area (Å²) in [6.07, 6.45) is 1.64. The summed E-state index contributed by atoms with van der Waals surface area (Å²) in [5.74, 6) is -1.10. The predicted octanol–water partition coefficient (Wildman–Crippen LogP) is 3.89. The monoisotopic (exact) mass is 398 g/mol. The number of nitrogens with zero attached hydrogens (tertiary/aromatic N) is 2. The SMILES string of the molecule is CCCCn1nc(C(=O)OCC(=O)c2ccc(Cl)cc2)c2ccccc2c1=O. The Morgan fingerprint density at radius 2 is 1.75 bits per heavy atom. The second-order valence-electron chi connectivity index (χ2n) is 6.28. The molecule has 6 nitrogen and oxygen atoms in total. The van der Waals surface area contributed by atoms with Gasteiger partial charge in [0, 0.05) is 22.5 Å². The van der Waals surface area contributed by atoms with Crippen LogP contribution in [0, 0.1) is 0 Å². The number of unbranched alkanes of at least 4 members (excludes halogenated alkanes) is 1. The van der Waals surface area contributed by atoms with Crippen LogP contribution in [-0.4, -0.2) is 28.1 Å². The highest BCUT2D eigenvalue weighted by Gasteiger charge is 2.19. The van der Waals surface area contributed by atoms with Crippen LogP contribution < -0.4 is 5.56 Å². The molecule has 0 spiro atoms. The van der Waals surface area contributed by atoms with Gasteiger partial charge in [-0.3, -0.25) is 9.59 Å². The lowest BCUT2D eigenvalue weighted by Crippen LogP contribution is -2.27. The number of aromatic nitrogens is 2. The molecule has 144 valence electrons. The molecule has 1 aromatic heterocycles. The zero-order valence-electron chi connectivity index (χ0n) is 15.4. The number of carbonyl (C=O) groups excluding carboxylic acids is 2. The first kappa shape index (κ1) is 19.8. The number of hydrogen-bond acceptors (Lipinski definition) is 5. The molecule has 0 N–H and O–H groups in total. The molecule has 0 aliphatic heterocycles. The molecule has 0 aliphatic rings. The van der Waals surface area contributed by atoms with Gasteiger partial charge in [0.25, 0.3) is 5.56 Å². The molecule has 1 heterocycles. The number of hydrogen-bond donors (Lipinski definition) is 0. The van der Waals surface area contributed by atoms with Crippen molar-refractivity contribution < 1.29 is 14.3 Å². The normalized spacial score (nSPS) is 10.8. The number of carbonyl (C=O) groups is 2. The summed E-state index contributed by atoms with van der Waals surface area (Å²) in [7, 11) is 0. The first-order valence-electron chi connectivity index (χ1n) is 8.97. The molecule has 0 unspecified atom stereocenters. The number of ether oxygens (including phenoxy) is 1. The van der Waals surface area contributed by atoms with Crippen LogP contribution in [0.25, 0.3) is 10.8 Å². The van der Waals surface area contributed by atoms with E-state index in [9.17, 15) is 14.4 Å². The lowest BCUT2D eigenvalue weighted by Gasteiger charge is -2.10. The quantitative estimate of drug-likeness (QED) is 0.445. The van der Waals surface area contributed by atoms with Gasteiger partial charge in [-0.1, -0.05) is 43.1 Å². The van der Waals surface area contributed by atoms with E-state index < -0.39 is 12.6 Å². The largest absolute Gasteiger partial charge is 0.452 e. The summed E-state index contributed by atoms with van der Waals surface area (Å²) in [4.78, 5) is 37.4. The Morgan fingerprint density at radius 3 is 2.43 bits per heavy atom. The molecule has 3 aromatic rings. The Morgan fingerprint density at radius 1 is 1.07 bits per heavy atom.